The molecule has 1 saturated heterocycles. The summed E-state index contributed by atoms with van der Waals surface area (Å²) in [5, 5.41) is 0. The van der Waals surface area contributed by atoms with Crippen molar-refractivity contribution in [2.24, 2.45) is 11.1 Å². The fraction of sp³-hybridized carbons (Fsp3) is 0.917. The summed E-state index contributed by atoms with van der Waals surface area (Å²) < 4.78 is 5.36. The SMILES string of the molecule is CC(C)(C)OC(=O)N1CC[C@]2(CC[C@H]2N)C1. The van der Waals surface area contributed by atoms with Crippen LogP contribution in [0.5, 0.6) is 0 Å². The van der Waals surface area contributed by atoms with E-state index in [4.69, 9.17) is 10.5 Å². The third kappa shape index (κ3) is 2.03. The van der Waals surface area contributed by atoms with Crippen LogP contribution in [0.4, 0.5) is 4.79 Å². The number of carbonyl (C=O) groups is 1. The van der Waals surface area contributed by atoms with Gasteiger partial charge < -0.3 is 15.4 Å². The lowest BCUT2D eigenvalue weighted by Gasteiger charge is -2.44. The molecule has 0 aromatic rings. The number of hydrogen-bond acceptors (Lipinski definition) is 3. The van der Waals surface area contributed by atoms with Gasteiger partial charge >= 0.3 is 6.09 Å². The third-order valence-electron chi connectivity index (χ3n) is 3.78. The Labute approximate surface area is 97.1 Å². The molecule has 2 aliphatic rings. The third-order valence-corrected chi connectivity index (χ3v) is 3.78. The van der Waals surface area contributed by atoms with E-state index in [1.807, 2.05) is 25.7 Å². The predicted octanol–water partition coefficient (Wildman–Crippen LogP) is 1.73. The van der Waals surface area contributed by atoms with Crippen molar-refractivity contribution < 1.29 is 9.53 Å². The van der Waals surface area contributed by atoms with Crippen LogP contribution >= 0.6 is 0 Å². The average Bonchev–Trinajstić information content (AvgIpc) is 2.59. The van der Waals surface area contributed by atoms with Crippen LogP contribution in [0.25, 0.3) is 0 Å². The zero-order valence-corrected chi connectivity index (χ0v) is 10.5. The molecule has 4 nitrogen and oxygen atoms in total. The van der Waals surface area contributed by atoms with Crippen LogP contribution in [0.1, 0.15) is 40.0 Å². The first-order valence-corrected chi connectivity index (χ1v) is 6.06. The number of nitrogens with zero attached hydrogens (tertiary/aromatic N) is 1. The Bertz CT molecular complexity index is 298. The Kier molecular flexibility index (Phi) is 2.65. The molecule has 92 valence electrons. The highest BCUT2D eigenvalue weighted by Crippen LogP contribution is 2.47. The number of nitrogens with two attached hydrogens (primary N) is 1. The van der Waals surface area contributed by atoms with E-state index in [1.165, 1.54) is 0 Å². The van der Waals surface area contributed by atoms with Crippen molar-refractivity contribution >= 4 is 6.09 Å². The normalized spacial score (nSPS) is 34.0. The van der Waals surface area contributed by atoms with Gasteiger partial charge in [-0.3, -0.25) is 0 Å². The summed E-state index contributed by atoms with van der Waals surface area (Å²) in [5.41, 5.74) is 5.83. The molecule has 2 N–H and O–H groups in total. The van der Waals surface area contributed by atoms with E-state index >= 15 is 0 Å². The number of ether oxygens (including phenoxy) is 1. The molecule has 0 aromatic carbocycles. The molecular weight excluding hydrogens is 204 g/mol. The Morgan fingerprint density at radius 2 is 2.12 bits per heavy atom. The molecule has 2 fully saturated rings. The molecule has 1 aliphatic heterocycles. The van der Waals surface area contributed by atoms with E-state index in [1.54, 1.807) is 0 Å². The van der Waals surface area contributed by atoms with Gasteiger partial charge in [-0.05, 0) is 40.0 Å². The monoisotopic (exact) mass is 226 g/mol. The van der Waals surface area contributed by atoms with E-state index in [0.29, 0.717) is 0 Å². The summed E-state index contributed by atoms with van der Waals surface area (Å²) in [6, 6.07) is 0.278. The van der Waals surface area contributed by atoms with Crippen molar-refractivity contribution in [3.63, 3.8) is 0 Å². The fourth-order valence-corrected chi connectivity index (χ4v) is 2.60. The van der Waals surface area contributed by atoms with Gasteiger partial charge in [0.2, 0.25) is 0 Å². The van der Waals surface area contributed by atoms with Crippen LogP contribution in [0.3, 0.4) is 0 Å². The van der Waals surface area contributed by atoms with Crippen molar-refractivity contribution in [2.45, 2.75) is 51.7 Å². The summed E-state index contributed by atoms with van der Waals surface area (Å²) in [5.74, 6) is 0. The maximum atomic E-state index is 11.9. The molecule has 0 radical (unpaired) electrons. The smallest absolute Gasteiger partial charge is 0.410 e. The number of likely N-dealkylation sites (tertiary alicyclic amines) is 1. The van der Waals surface area contributed by atoms with Crippen LogP contribution < -0.4 is 5.73 Å². The second-order valence-electron chi connectivity index (χ2n) is 6.16. The van der Waals surface area contributed by atoms with Gasteiger partial charge in [-0.15, -0.1) is 0 Å². The number of amides is 1. The molecule has 2 rings (SSSR count). The number of rotatable bonds is 0. The summed E-state index contributed by atoms with van der Waals surface area (Å²) in [6.45, 7) is 7.26. The maximum Gasteiger partial charge on any atom is 0.410 e. The van der Waals surface area contributed by atoms with Crippen LogP contribution in [0.15, 0.2) is 0 Å². The number of hydrogen-bond donors (Lipinski definition) is 1. The average molecular weight is 226 g/mol. The lowest BCUT2D eigenvalue weighted by Crippen LogP contribution is -2.52. The van der Waals surface area contributed by atoms with Crippen molar-refractivity contribution in [3.8, 4) is 0 Å². The zero-order valence-electron chi connectivity index (χ0n) is 10.5. The molecule has 1 saturated carbocycles. The van der Waals surface area contributed by atoms with E-state index in [9.17, 15) is 4.79 Å². The lowest BCUT2D eigenvalue weighted by molar-refractivity contribution is 0.0225. The largest absolute Gasteiger partial charge is 0.444 e. The van der Waals surface area contributed by atoms with Crippen LogP contribution in [-0.2, 0) is 4.74 Å². The fourth-order valence-electron chi connectivity index (χ4n) is 2.60. The molecule has 1 spiro atoms. The van der Waals surface area contributed by atoms with Gasteiger partial charge in [-0.2, -0.15) is 0 Å². The van der Waals surface area contributed by atoms with Gasteiger partial charge in [0.05, 0.1) is 0 Å². The van der Waals surface area contributed by atoms with E-state index in [0.717, 1.165) is 32.4 Å². The topological polar surface area (TPSA) is 55.6 Å². The molecule has 1 amide bonds. The molecule has 4 heteroatoms. The first-order chi connectivity index (χ1) is 7.32. The highest BCUT2D eigenvalue weighted by Gasteiger charge is 2.50. The van der Waals surface area contributed by atoms with Crippen molar-refractivity contribution in [1.29, 1.82) is 0 Å². The molecule has 0 aromatic heterocycles. The molecule has 1 aliphatic carbocycles. The summed E-state index contributed by atoms with van der Waals surface area (Å²) in [4.78, 5) is 13.7. The van der Waals surface area contributed by atoms with Crippen LogP contribution in [0, 0.1) is 5.41 Å². The lowest BCUT2D eigenvalue weighted by atomic mass is 9.64. The first kappa shape index (κ1) is 11.7. The van der Waals surface area contributed by atoms with Gasteiger partial charge in [0.25, 0.3) is 0 Å². The Balaban J connectivity index is 1.91. The minimum Gasteiger partial charge on any atom is -0.444 e. The summed E-state index contributed by atoms with van der Waals surface area (Å²) >= 11 is 0. The maximum absolute atomic E-state index is 11.9. The highest BCUT2D eigenvalue weighted by atomic mass is 16.6. The van der Waals surface area contributed by atoms with Gasteiger partial charge in [-0.1, -0.05) is 0 Å². The summed E-state index contributed by atoms with van der Waals surface area (Å²) in [7, 11) is 0. The van der Waals surface area contributed by atoms with Crippen LogP contribution in [-0.4, -0.2) is 35.7 Å². The highest BCUT2D eigenvalue weighted by molar-refractivity contribution is 5.68. The molecule has 2 atom stereocenters. The van der Waals surface area contributed by atoms with Gasteiger partial charge in [0, 0.05) is 24.5 Å². The summed E-state index contributed by atoms with van der Waals surface area (Å²) in [6.07, 6.45) is 3.10. The first-order valence-electron chi connectivity index (χ1n) is 6.06. The standard InChI is InChI=1S/C12H22N2O2/c1-11(2,3)16-10(15)14-7-6-12(8-14)5-4-9(12)13/h9H,4-8,13H2,1-3H3/t9-,12-/m1/s1. The van der Waals surface area contributed by atoms with Gasteiger partial charge in [0.1, 0.15) is 5.60 Å². The van der Waals surface area contributed by atoms with Crippen LogP contribution in [0.2, 0.25) is 0 Å². The molecule has 0 bridgehead atoms. The van der Waals surface area contributed by atoms with Crippen molar-refractivity contribution in [2.75, 3.05) is 13.1 Å². The molecule has 1 heterocycles. The van der Waals surface area contributed by atoms with Crippen molar-refractivity contribution in [3.05, 3.63) is 0 Å². The van der Waals surface area contributed by atoms with Gasteiger partial charge in [0.15, 0.2) is 0 Å². The second kappa shape index (κ2) is 3.62. The number of carbonyl (C=O) groups excluding carboxylic acids is 1. The Morgan fingerprint density at radius 3 is 2.50 bits per heavy atom. The Morgan fingerprint density at radius 1 is 1.44 bits per heavy atom. The van der Waals surface area contributed by atoms with E-state index in [2.05, 4.69) is 0 Å². The predicted molar refractivity (Wildman–Crippen MR) is 62.1 cm³/mol. The van der Waals surface area contributed by atoms with E-state index in [-0.39, 0.29) is 17.6 Å². The minimum absolute atomic E-state index is 0.191. The molecule has 0 unspecified atom stereocenters. The van der Waals surface area contributed by atoms with Gasteiger partial charge in [-0.25, -0.2) is 4.79 Å². The zero-order chi connectivity index (χ0) is 12.0. The Hall–Kier alpha value is -0.770. The van der Waals surface area contributed by atoms with Crippen molar-refractivity contribution in [1.82, 2.24) is 4.90 Å². The van der Waals surface area contributed by atoms with E-state index < -0.39 is 5.60 Å². The molecular formula is C12H22N2O2. The quantitative estimate of drug-likeness (QED) is 0.684. The minimum atomic E-state index is -0.408. The molecule has 16 heavy (non-hydrogen) atoms. The second-order valence-corrected chi connectivity index (χ2v) is 6.16.